The van der Waals surface area contributed by atoms with Gasteiger partial charge in [0.05, 0.1) is 17.9 Å². The van der Waals surface area contributed by atoms with Crippen LogP contribution in [0.3, 0.4) is 0 Å². The number of hydrogen-bond acceptors (Lipinski definition) is 5. The van der Waals surface area contributed by atoms with Crippen molar-refractivity contribution in [2.45, 2.75) is 148 Å². The van der Waals surface area contributed by atoms with Crippen molar-refractivity contribution in [1.82, 2.24) is 5.32 Å². The molecule has 1 amide bonds. The van der Waals surface area contributed by atoms with Crippen LogP contribution >= 0.6 is 0 Å². The number of carbonyl (C=O) groups is 1. The van der Waals surface area contributed by atoms with Gasteiger partial charge in [0.2, 0.25) is 5.91 Å². The molecule has 41 heavy (non-hydrogen) atoms. The fourth-order valence-corrected chi connectivity index (χ4v) is 5.16. The first-order chi connectivity index (χ1) is 19.7. The van der Waals surface area contributed by atoms with Gasteiger partial charge in [-0.25, -0.2) is 0 Å². The van der Waals surface area contributed by atoms with Gasteiger partial charge in [0.15, 0.2) is 0 Å². The maximum atomic E-state index is 12.4. The van der Waals surface area contributed by atoms with E-state index in [-0.39, 0.29) is 6.42 Å². The molecule has 238 valence electrons. The van der Waals surface area contributed by atoms with Crippen LogP contribution in [0.4, 0.5) is 0 Å². The minimum Gasteiger partial charge on any atom is -0.387 e. The molecular weight excluding hydrogens is 538 g/mol. The topological polar surface area (TPSA) is 124 Å². The van der Waals surface area contributed by atoms with Crippen molar-refractivity contribution in [2.75, 3.05) is 5.75 Å². The molecule has 0 fully saturated rings. The second-order valence-electron chi connectivity index (χ2n) is 10.9. The van der Waals surface area contributed by atoms with Crippen molar-refractivity contribution in [3.63, 3.8) is 0 Å². The molecule has 0 heterocycles. The third-order valence-electron chi connectivity index (χ3n) is 6.91. The van der Waals surface area contributed by atoms with Gasteiger partial charge in [-0.15, -0.1) is 0 Å². The molecule has 0 aromatic rings. The number of rotatable bonds is 27. The third-order valence-corrected chi connectivity index (χ3v) is 7.69. The Morgan fingerprint density at radius 1 is 0.707 bits per heavy atom. The molecule has 4 N–H and O–H groups in total. The Bertz CT molecular complexity index is 850. The number of hydrogen-bond donors (Lipinski definition) is 4. The van der Waals surface area contributed by atoms with Crippen molar-refractivity contribution in [3.05, 3.63) is 48.6 Å². The molecule has 0 aliphatic rings. The van der Waals surface area contributed by atoms with Crippen molar-refractivity contribution in [2.24, 2.45) is 0 Å². The monoisotopic (exact) mass is 597 g/mol. The van der Waals surface area contributed by atoms with Gasteiger partial charge in [-0.3, -0.25) is 9.35 Å². The zero-order valence-corrected chi connectivity index (χ0v) is 26.6. The molecule has 7 nitrogen and oxygen atoms in total. The van der Waals surface area contributed by atoms with Gasteiger partial charge in [0.1, 0.15) is 6.10 Å². The van der Waals surface area contributed by atoms with Crippen molar-refractivity contribution in [3.8, 4) is 0 Å². The first-order valence-corrected chi connectivity index (χ1v) is 17.5. The maximum absolute atomic E-state index is 12.4. The van der Waals surface area contributed by atoms with Crippen LogP contribution in [-0.4, -0.2) is 53.1 Å². The summed E-state index contributed by atoms with van der Waals surface area (Å²) in [4.78, 5) is 12.4. The Kier molecular flexibility index (Phi) is 26.0. The highest BCUT2D eigenvalue weighted by Gasteiger charge is 2.27. The average molecular weight is 598 g/mol. The molecule has 0 aromatic heterocycles. The number of allylic oxidation sites excluding steroid dienone is 7. The number of carbonyl (C=O) groups excluding carboxylic acids is 1. The number of unbranched alkanes of at least 4 members (excludes halogenated alkanes) is 13. The number of amides is 1. The Morgan fingerprint density at radius 3 is 1.76 bits per heavy atom. The van der Waals surface area contributed by atoms with Crippen LogP contribution in [-0.2, 0) is 14.9 Å². The summed E-state index contributed by atoms with van der Waals surface area (Å²) in [5.74, 6) is -1.59. The summed E-state index contributed by atoms with van der Waals surface area (Å²) >= 11 is 0. The van der Waals surface area contributed by atoms with E-state index in [9.17, 15) is 28.0 Å². The van der Waals surface area contributed by atoms with Gasteiger partial charge in [0, 0.05) is 0 Å². The molecule has 8 heteroatoms. The van der Waals surface area contributed by atoms with Crippen molar-refractivity contribution >= 4 is 16.0 Å². The minimum atomic E-state index is -4.45. The highest BCUT2D eigenvalue weighted by atomic mass is 32.2. The largest absolute Gasteiger partial charge is 0.387 e. The van der Waals surface area contributed by atoms with Crippen LogP contribution in [0.1, 0.15) is 129 Å². The molecule has 0 spiro atoms. The highest BCUT2D eigenvalue weighted by Crippen LogP contribution is 2.11. The van der Waals surface area contributed by atoms with Crippen molar-refractivity contribution < 1.29 is 28.0 Å². The standard InChI is InChI=1S/C33H59NO6S/c1-3-5-7-9-11-13-14-15-16-17-18-20-22-24-26-28-32(36)33(37)34-30(29-41(38,39)40)31(35)27-25-23-21-19-12-10-8-6-4-2/h4,6,12,16-17,19,25,27,30-32,35-36H,3,5,7-11,13-15,18,20-24,26,28-29H2,1-2H3,(H,34,37)(H,38,39,40)/b6-4+,17-16-,19-12+,27-25+. The summed E-state index contributed by atoms with van der Waals surface area (Å²) in [6.45, 7) is 4.22. The lowest BCUT2D eigenvalue weighted by Gasteiger charge is -2.22. The van der Waals surface area contributed by atoms with E-state index in [1.165, 1.54) is 51.0 Å². The summed E-state index contributed by atoms with van der Waals surface area (Å²) in [6, 6.07) is -1.26. The molecule has 0 bridgehead atoms. The van der Waals surface area contributed by atoms with E-state index < -0.39 is 40.0 Å². The first-order valence-electron chi connectivity index (χ1n) is 15.9. The number of nitrogens with one attached hydrogen (secondary N) is 1. The highest BCUT2D eigenvalue weighted by molar-refractivity contribution is 7.85. The van der Waals surface area contributed by atoms with Crippen LogP contribution in [0, 0.1) is 0 Å². The average Bonchev–Trinajstić information content (AvgIpc) is 2.92. The lowest BCUT2D eigenvalue weighted by Crippen LogP contribution is -2.50. The third kappa shape index (κ3) is 26.9. The molecule has 0 rings (SSSR count). The van der Waals surface area contributed by atoms with Gasteiger partial charge in [-0.1, -0.05) is 113 Å². The molecule has 0 aliphatic heterocycles. The number of aliphatic hydroxyl groups excluding tert-OH is 2. The van der Waals surface area contributed by atoms with E-state index in [2.05, 4.69) is 36.5 Å². The smallest absolute Gasteiger partial charge is 0.267 e. The minimum absolute atomic E-state index is 0.255. The van der Waals surface area contributed by atoms with Gasteiger partial charge in [-0.2, -0.15) is 8.42 Å². The molecule has 3 unspecified atom stereocenters. The van der Waals surface area contributed by atoms with Gasteiger partial charge in [-0.05, 0) is 64.7 Å². The molecule has 3 atom stereocenters. The fraction of sp³-hybridized carbons (Fsp3) is 0.727. The lowest BCUT2D eigenvalue weighted by molar-refractivity contribution is -0.130. The fourth-order valence-electron chi connectivity index (χ4n) is 4.43. The summed E-state index contributed by atoms with van der Waals surface area (Å²) in [7, 11) is -4.45. The van der Waals surface area contributed by atoms with Crippen LogP contribution in [0.5, 0.6) is 0 Å². The molecule has 0 radical (unpaired) electrons. The Balaban J connectivity index is 4.23. The lowest BCUT2D eigenvalue weighted by atomic mass is 10.1. The summed E-state index contributed by atoms with van der Waals surface area (Å²) < 4.78 is 32.1. The van der Waals surface area contributed by atoms with Gasteiger partial charge < -0.3 is 15.5 Å². The SMILES string of the molecule is C/C=C/CC/C=C/CC/C=C/C(O)C(CS(=O)(=O)O)NC(=O)C(O)CCCCCC/C=C\CCCCCCCCC. The predicted molar refractivity (Wildman–Crippen MR) is 171 cm³/mol. The van der Waals surface area contributed by atoms with E-state index in [4.69, 9.17) is 0 Å². The summed E-state index contributed by atoms with van der Waals surface area (Å²) in [6.07, 6.45) is 32.0. The maximum Gasteiger partial charge on any atom is 0.267 e. The predicted octanol–water partition coefficient (Wildman–Crippen LogP) is 7.37. The van der Waals surface area contributed by atoms with E-state index in [1.54, 1.807) is 6.08 Å². The van der Waals surface area contributed by atoms with Crippen molar-refractivity contribution in [1.29, 1.82) is 0 Å². The van der Waals surface area contributed by atoms with E-state index in [0.717, 1.165) is 51.4 Å². The van der Waals surface area contributed by atoms with Crippen LogP contribution in [0.25, 0.3) is 0 Å². The Hall–Kier alpha value is -1.74. The quantitative estimate of drug-likeness (QED) is 0.0445. The van der Waals surface area contributed by atoms with Crippen LogP contribution < -0.4 is 5.32 Å². The Labute approximate surface area is 251 Å². The molecule has 0 aliphatic carbocycles. The summed E-state index contributed by atoms with van der Waals surface area (Å²) in [5, 5.41) is 23.1. The van der Waals surface area contributed by atoms with Crippen LogP contribution in [0.15, 0.2) is 48.6 Å². The second-order valence-corrected chi connectivity index (χ2v) is 12.4. The normalized spacial score (nSPS) is 15.0. The zero-order chi connectivity index (χ0) is 30.6. The molecule has 0 saturated heterocycles. The molecule has 0 saturated carbocycles. The van der Waals surface area contributed by atoms with E-state index in [0.29, 0.717) is 12.8 Å². The molecular formula is C33H59NO6S. The Morgan fingerprint density at radius 2 is 1.20 bits per heavy atom. The van der Waals surface area contributed by atoms with E-state index in [1.807, 2.05) is 19.1 Å². The van der Waals surface area contributed by atoms with Gasteiger partial charge >= 0.3 is 0 Å². The van der Waals surface area contributed by atoms with Gasteiger partial charge in [0.25, 0.3) is 10.1 Å². The molecule has 0 aromatic carbocycles. The number of aliphatic hydroxyl groups is 2. The first kappa shape index (κ1) is 39.3. The zero-order valence-electron chi connectivity index (χ0n) is 25.8. The summed E-state index contributed by atoms with van der Waals surface area (Å²) in [5.41, 5.74) is 0. The van der Waals surface area contributed by atoms with Crippen LogP contribution in [0.2, 0.25) is 0 Å². The van der Waals surface area contributed by atoms with E-state index >= 15 is 0 Å². The second kappa shape index (κ2) is 27.1.